The second-order valence-corrected chi connectivity index (χ2v) is 8.20. The zero-order valence-corrected chi connectivity index (χ0v) is 18.3. The van der Waals surface area contributed by atoms with Crippen LogP contribution in [0.1, 0.15) is 48.4 Å². The van der Waals surface area contributed by atoms with E-state index in [4.69, 9.17) is 14.7 Å². The van der Waals surface area contributed by atoms with Crippen LogP contribution in [0.4, 0.5) is 10.5 Å². The van der Waals surface area contributed by atoms with Gasteiger partial charge in [-0.3, -0.25) is 10.3 Å². The Balaban J connectivity index is 1.49. The molecule has 0 bridgehead atoms. The molecule has 3 aliphatic rings. The van der Waals surface area contributed by atoms with Crippen LogP contribution in [-0.2, 0) is 40.0 Å². The maximum atomic E-state index is 12.8. The Morgan fingerprint density at radius 2 is 1.94 bits per heavy atom. The van der Waals surface area contributed by atoms with Gasteiger partial charge in [0.15, 0.2) is 0 Å². The topological polar surface area (TPSA) is 101 Å². The van der Waals surface area contributed by atoms with E-state index in [2.05, 4.69) is 16.4 Å². The van der Waals surface area contributed by atoms with E-state index in [-0.39, 0.29) is 13.0 Å². The van der Waals surface area contributed by atoms with Crippen LogP contribution in [-0.4, -0.2) is 37.5 Å². The van der Waals surface area contributed by atoms with Crippen LogP contribution in [0.2, 0.25) is 0 Å². The van der Waals surface area contributed by atoms with E-state index < -0.39 is 18.2 Å². The lowest BCUT2D eigenvalue weighted by molar-refractivity contribution is -0.152. The number of aliphatic imine (C=N–C) groups is 1. The summed E-state index contributed by atoms with van der Waals surface area (Å²) in [5.74, 6) is -0.591. The van der Waals surface area contributed by atoms with Crippen LogP contribution in [0.15, 0.2) is 34.4 Å². The molecule has 0 fully saturated rings. The van der Waals surface area contributed by atoms with Crippen molar-refractivity contribution < 1.29 is 19.1 Å². The number of anilines is 1. The molecule has 0 radical (unpaired) electrons. The maximum Gasteiger partial charge on any atom is 0.412 e. The van der Waals surface area contributed by atoms with Crippen molar-refractivity contribution in [3.05, 3.63) is 51.6 Å². The fourth-order valence-corrected chi connectivity index (χ4v) is 4.63. The number of carbonyl (C=O) groups is 2. The first-order valence-corrected chi connectivity index (χ1v) is 11.2. The molecule has 1 heterocycles. The average molecular weight is 434 g/mol. The van der Waals surface area contributed by atoms with Crippen molar-refractivity contribution in [1.29, 1.82) is 5.26 Å². The van der Waals surface area contributed by atoms with E-state index in [0.717, 1.165) is 49.8 Å². The van der Waals surface area contributed by atoms with Crippen molar-refractivity contribution in [2.45, 2.75) is 58.0 Å². The molecule has 166 valence electrons. The van der Waals surface area contributed by atoms with Gasteiger partial charge in [0.25, 0.3) is 0 Å². The second-order valence-electron chi connectivity index (χ2n) is 8.20. The molecule has 1 N–H and O–H groups in total. The molecule has 7 heteroatoms. The lowest BCUT2D eigenvalue weighted by Gasteiger charge is -2.19. The van der Waals surface area contributed by atoms with Crippen molar-refractivity contribution in [2.24, 2.45) is 4.99 Å². The molecule has 1 unspecified atom stereocenters. The van der Waals surface area contributed by atoms with Crippen molar-refractivity contribution in [3.8, 4) is 6.07 Å². The Labute approximate surface area is 187 Å². The van der Waals surface area contributed by atoms with Gasteiger partial charge in [0.2, 0.25) is 6.10 Å². The molecule has 2 aliphatic carbocycles. The minimum absolute atomic E-state index is 0.150. The highest BCUT2D eigenvalue weighted by molar-refractivity contribution is 5.90. The average Bonchev–Trinajstić information content (AvgIpc) is 3.46. The van der Waals surface area contributed by atoms with Crippen LogP contribution in [0.3, 0.4) is 0 Å². The lowest BCUT2D eigenvalue weighted by Crippen LogP contribution is -2.31. The summed E-state index contributed by atoms with van der Waals surface area (Å²) in [6.45, 7) is 2.32. The van der Waals surface area contributed by atoms with E-state index in [1.165, 1.54) is 28.5 Å². The monoisotopic (exact) mass is 433 g/mol. The zero-order valence-electron chi connectivity index (χ0n) is 18.3. The number of rotatable bonds is 6. The fraction of sp³-hybridized carbons (Fsp3) is 0.440. The molecule has 32 heavy (non-hydrogen) atoms. The summed E-state index contributed by atoms with van der Waals surface area (Å²) < 4.78 is 10.7. The first-order chi connectivity index (χ1) is 15.6. The number of fused-ring (bicyclic) bond motifs is 2. The molecule has 1 aromatic rings. The van der Waals surface area contributed by atoms with Crippen LogP contribution in [0.5, 0.6) is 0 Å². The highest BCUT2D eigenvalue weighted by Gasteiger charge is 2.28. The van der Waals surface area contributed by atoms with Gasteiger partial charge in [-0.1, -0.05) is 12.1 Å². The number of benzene rings is 1. The number of amides is 1. The van der Waals surface area contributed by atoms with Gasteiger partial charge in [-0.2, -0.15) is 5.26 Å². The van der Waals surface area contributed by atoms with Crippen molar-refractivity contribution in [1.82, 2.24) is 0 Å². The Bertz CT molecular complexity index is 1030. The molecule has 0 saturated carbocycles. The fourth-order valence-electron chi connectivity index (χ4n) is 4.63. The first kappa shape index (κ1) is 21.8. The van der Waals surface area contributed by atoms with Gasteiger partial charge >= 0.3 is 12.1 Å². The Kier molecular flexibility index (Phi) is 6.69. The molecule has 1 aliphatic heterocycles. The smallest absolute Gasteiger partial charge is 0.412 e. The van der Waals surface area contributed by atoms with E-state index >= 15 is 0 Å². The molecular formula is C25H27N3O4. The number of nitrogens with zero attached hydrogens (tertiary/aromatic N) is 2. The zero-order chi connectivity index (χ0) is 22.5. The van der Waals surface area contributed by atoms with Crippen LogP contribution < -0.4 is 5.32 Å². The third kappa shape index (κ3) is 4.75. The van der Waals surface area contributed by atoms with E-state index in [0.29, 0.717) is 12.1 Å². The summed E-state index contributed by atoms with van der Waals surface area (Å²) in [6.07, 6.45) is 9.55. The van der Waals surface area contributed by atoms with E-state index in [9.17, 15) is 9.59 Å². The van der Waals surface area contributed by atoms with E-state index in [1.54, 1.807) is 19.1 Å². The molecule has 1 amide bonds. The SMILES string of the molecule is CCOC(=O)C(CC=C1C=C(C#N)C=NC1)OC(=O)Nc1c2c(cc3c1CCC3)CCC2. The number of dihydropyridines is 1. The quantitative estimate of drug-likeness (QED) is 0.684. The summed E-state index contributed by atoms with van der Waals surface area (Å²) in [6, 6.07) is 4.34. The maximum absolute atomic E-state index is 12.8. The highest BCUT2D eigenvalue weighted by Crippen LogP contribution is 2.38. The number of hydrogen-bond donors (Lipinski definition) is 1. The second kappa shape index (κ2) is 9.82. The summed E-state index contributed by atoms with van der Waals surface area (Å²) in [7, 11) is 0. The Hall–Kier alpha value is -3.40. The molecule has 0 spiro atoms. The molecular weight excluding hydrogens is 406 g/mol. The summed E-state index contributed by atoms with van der Waals surface area (Å²) in [5, 5.41) is 12.0. The molecule has 4 rings (SSSR count). The number of ether oxygens (including phenoxy) is 2. The number of carbonyl (C=O) groups excluding carboxylic acids is 2. The molecule has 1 atom stereocenters. The van der Waals surface area contributed by atoms with Crippen LogP contribution in [0.25, 0.3) is 0 Å². The highest BCUT2D eigenvalue weighted by atomic mass is 16.6. The third-order valence-electron chi connectivity index (χ3n) is 6.07. The predicted molar refractivity (Wildman–Crippen MR) is 121 cm³/mol. The number of nitrogens with one attached hydrogen (secondary N) is 1. The Morgan fingerprint density at radius 1 is 1.22 bits per heavy atom. The number of aryl methyl sites for hydroxylation is 2. The molecule has 7 nitrogen and oxygen atoms in total. The van der Waals surface area contributed by atoms with Gasteiger partial charge < -0.3 is 9.47 Å². The summed E-state index contributed by atoms with van der Waals surface area (Å²) in [4.78, 5) is 29.4. The first-order valence-electron chi connectivity index (χ1n) is 11.2. The number of allylic oxidation sites excluding steroid dienone is 1. The van der Waals surface area contributed by atoms with Gasteiger partial charge in [0.05, 0.1) is 24.4 Å². The largest absolute Gasteiger partial charge is 0.463 e. The lowest BCUT2D eigenvalue weighted by atomic mass is 9.99. The minimum atomic E-state index is -1.07. The van der Waals surface area contributed by atoms with Crippen molar-refractivity contribution in [2.75, 3.05) is 18.5 Å². The van der Waals surface area contributed by atoms with Gasteiger partial charge in [0, 0.05) is 12.6 Å². The Morgan fingerprint density at radius 3 is 2.59 bits per heavy atom. The van der Waals surface area contributed by atoms with Crippen LogP contribution >= 0.6 is 0 Å². The van der Waals surface area contributed by atoms with Gasteiger partial charge in [-0.25, -0.2) is 9.59 Å². The van der Waals surface area contributed by atoms with Crippen LogP contribution in [0, 0.1) is 11.3 Å². The third-order valence-corrected chi connectivity index (χ3v) is 6.07. The summed E-state index contributed by atoms with van der Waals surface area (Å²) >= 11 is 0. The number of esters is 1. The van der Waals surface area contributed by atoms with Gasteiger partial charge in [0.1, 0.15) is 6.07 Å². The van der Waals surface area contributed by atoms with E-state index in [1.807, 2.05) is 6.07 Å². The summed E-state index contributed by atoms with van der Waals surface area (Å²) in [5.41, 5.74) is 7.14. The standard InChI is InChI=1S/C25H27N3O4/c1-2-31-24(29)22(10-9-16-11-17(13-26)15-27-14-16)32-25(30)28-23-20-7-3-5-18(20)12-19-6-4-8-21(19)23/h9,11-12,15,22H,2-8,10,14H2,1H3,(H,28,30). The number of hydrogen-bond acceptors (Lipinski definition) is 6. The van der Waals surface area contributed by atoms with Gasteiger partial charge in [-0.15, -0.1) is 0 Å². The minimum Gasteiger partial charge on any atom is -0.463 e. The van der Waals surface area contributed by atoms with Gasteiger partial charge in [-0.05, 0) is 79.4 Å². The molecule has 1 aromatic carbocycles. The van der Waals surface area contributed by atoms with Crippen molar-refractivity contribution >= 4 is 24.0 Å². The van der Waals surface area contributed by atoms with Crippen molar-refractivity contribution in [3.63, 3.8) is 0 Å². The normalized spacial score (nSPS) is 18.4. The number of nitriles is 1. The predicted octanol–water partition coefficient (Wildman–Crippen LogP) is 4.00. The molecule has 0 aromatic heterocycles. The molecule has 0 saturated heterocycles.